The van der Waals surface area contributed by atoms with Gasteiger partial charge in [-0.25, -0.2) is 4.98 Å². The molecule has 17 heavy (non-hydrogen) atoms. The van der Waals surface area contributed by atoms with Crippen LogP contribution in [-0.2, 0) is 6.54 Å². The van der Waals surface area contributed by atoms with Crippen molar-refractivity contribution in [1.29, 1.82) is 0 Å². The first kappa shape index (κ1) is 10.6. The number of benzene rings is 1. The molecular weight excluding hydrogens is 212 g/mol. The molecule has 2 aromatic rings. The van der Waals surface area contributed by atoms with Crippen molar-refractivity contribution in [1.82, 2.24) is 9.55 Å². The van der Waals surface area contributed by atoms with E-state index in [0.717, 1.165) is 22.5 Å². The Morgan fingerprint density at radius 2 is 2.06 bits per heavy atom. The molecule has 1 aromatic heterocycles. The molecule has 3 rings (SSSR count). The van der Waals surface area contributed by atoms with Crippen LogP contribution in [0.25, 0.3) is 11.0 Å². The first-order valence-corrected chi connectivity index (χ1v) is 6.26. The molecule has 0 spiro atoms. The number of imidazole rings is 1. The highest BCUT2D eigenvalue weighted by molar-refractivity contribution is 5.79. The van der Waals surface area contributed by atoms with E-state index in [-0.39, 0.29) is 0 Å². The first-order valence-electron chi connectivity index (χ1n) is 6.26. The van der Waals surface area contributed by atoms with Gasteiger partial charge >= 0.3 is 0 Å². The second-order valence-electron chi connectivity index (χ2n) is 4.79. The van der Waals surface area contributed by atoms with E-state index in [0.29, 0.717) is 12.6 Å². The predicted octanol–water partition coefficient (Wildman–Crippen LogP) is 2.19. The van der Waals surface area contributed by atoms with Gasteiger partial charge in [-0.2, -0.15) is 0 Å². The summed E-state index contributed by atoms with van der Waals surface area (Å²) in [5, 5.41) is 0. The van der Waals surface area contributed by atoms with Gasteiger partial charge in [0.25, 0.3) is 0 Å². The third-order valence-electron chi connectivity index (χ3n) is 3.66. The zero-order valence-electron chi connectivity index (χ0n) is 9.89. The van der Waals surface area contributed by atoms with E-state index in [9.17, 15) is 0 Å². The van der Waals surface area contributed by atoms with Crippen molar-refractivity contribution in [3.63, 3.8) is 0 Å². The lowest BCUT2D eigenvalue weighted by molar-refractivity contribution is 0.511. The Hall–Kier alpha value is -1.55. The van der Waals surface area contributed by atoms with Crippen LogP contribution in [0.1, 0.15) is 37.5 Å². The lowest BCUT2D eigenvalue weighted by Crippen LogP contribution is -2.12. The molecule has 0 unspecified atom stereocenters. The summed E-state index contributed by atoms with van der Waals surface area (Å²) in [6.45, 7) is 0.491. The summed E-state index contributed by atoms with van der Waals surface area (Å²) in [6.07, 6.45) is 5.06. The number of fused-ring (bicyclic) bond motifs is 1. The second-order valence-corrected chi connectivity index (χ2v) is 4.79. The van der Waals surface area contributed by atoms with Crippen LogP contribution in [0.4, 0.5) is 5.69 Å². The van der Waals surface area contributed by atoms with Gasteiger partial charge in [0.2, 0.25) is 0 Å². The van der Waals surface area contributed by atoms with E-state index in [1.165, 1.54) is 25.7 Å². The van der Waals surface area contributed by atoms with Crippen molar-refractivity contribution in [3.05, 3.63) is 24.0 Å². The molecule has 1 aliphatic carbocycles. The van der Waals surface area contributed by atoms with Crippen molar-refractivity contribution in [2.24, 2.45) is 5.73 Å². The van der Waals surface area contributed by atoms with Gasteiger partial charge in [-0.3, -0.25) is 0 Å². The summed E-state index contributed by atoms with van der Waals surface area (Å²) < 4.78 is 2.30. The summed E-state index contributed by atoms with van der Waals surface area (Å²) in [7, 11) is 0. The maximum Gasteiger partial charge on any atom is 0.123 e. The molecule has 0 amide bonds. The van der Waals surface area contributed by atoms with E-state index in [1.807, 2.05) is 18.2 Å². The summed E-state index contributed by atoms with van der Waals surface area (Å²) >= 11 is 0. The molecule has 4 nitrogen and oxygen atoms in total. The molecule has 1 fully saturated rings. The SMILES string of the molecule is NCc1nc2ccc(N)cc2n1C1CCCC1. The zero-order valence-corrected chi connectivity index (χ0v) is 9.89. The van der Waals surface area contributed by atoms with E-state index in [2.05, 4.69) is 9.55 Å². The largest absolute Gasteiger partial charge is 0.399 e. The van der Waals surface area contributed by atoms with Crippen LogP contribution < -0.4 is 11.5 Å². The van der Waals surface area contributed by atoms with Crippen LogP contribution in [-0.4, -0.2) is 9.55 Å². The Morgan fingerprint density at radius 1 is 1.29 bits per heavy atom. The maximum atomic E-state index is 5.87. The molecule has 0 bridgehead atoms. The van der Waals surface area contributed by atoms with Crippen molar-refractivity contribution < 1.29 is 0 Å². The third kappa shape index (κ3) is 1.69. The normalized spacial score (nSPS) is 17.0. The van der Waals surface area contributed by atoms with E-state index < -0.39 is 0 Å². The monoisotopic (exact) mass is 230 g/mol. The molecular formula is C13H18N4. The van der Waals surface area contributed by atoms with Gasteiger partial charge in [-0.15, -0.1) is 0 Å². The smallest absolute Gasteiger partial charge is 0.123 e. The molecule has 1 aromatic carbocycles. The fraction of sp³-hybridized carbons (Fsp3) is 0.462. The fourth-order valence-corrected chi connectivity index (χ4v) is 2.87. The molecule has 0 radical (unpaired) electrons. The molecule has 1 heterocycles. The number of hydrogen-bond donors (Lipinski definition) is 2. The van der Waals surface area contributed by atoms with Crippen molar-refractivity contribution >= 4 is 16.7 Å². The van der Waals surface area contributed by atoms with E-state index >= 15 is 0 Å². The van der Waals surface area contributed by atoms with Crippen molar-refractivity contribution in [3.8, 4) is 0 Å². The number of nitrogen functional groups attached to an aromatic ring is 1. The van der Waals surface area contributed by atoms with Gasteiger partial charge < -0.3 is 16.0 Å². The second kappa shape index (κ2) is 4.04. The van der Waals surface area contributed by atoms with Gasteiger partial charge in [0.15, 0.2) is 0 Å². The zero-order chi connectivity index (χ0) is 11.8. The highest BCUT2D eigenvalue weighted by Crippen LogP contribution is 2.34. The quantitative estimate of drug-likeness (QED) is 0.777. The number of aromatic nitrogens is 2. The van der Waals surface area contributed by atoms with Gasteiger partial charge in [0, 0.05) is 11.7 Å². The number of rotatable bonds is 2. The summed E-state index contributed by atoms with van der Waals surface area (Å²) in [6, 6.07) is 6.45. The third-order valence-corrected chi connectivity index (χ3v) is 3.66. The fourth-order valence-electron chi connectivity index (χ4n) is 2.87. The Kier molecular flexibility index (Phi) is 2.52. The Morgan fingerprint density at radius 3 is 2.76 bits per heavy atom. The van der Waals surface area contributed by atoms with Crippen LogP contribution in [0.2, 0.25) is 0 Å². The standard InChI is InChI=1S/C13H18N4/c14-8-13-16-11-6-5-9(15)7-12(11)17(13)10-3-1-2-4-10/h5-7,10H,1-4,8,14-15H2. The molecule has 1 aliphatic rings. The minimum absolute atomic E-state index is 0.491. The number of nitrogens with two attached hydrogens (primary N) is 2. The summed E-state index contributed by atoms with van der Waals surface area (Å²) in [5.74, 6) is 0.984. The minimum atomic E-state index is 0.491. The van der Waals surface area contributed by atoms with Crippen LogP contribution in [0, 0.1) is 0 Å². The highest BCUT2D eigenvalue weighted by Gasteiger charge is 2.21. The predicted molar refractivity (Wildman–Crippen MR) is 69.5 cm³/mol. The average molecular weight is 230 g/mol. The van der Waals surface area contributed by atoms with Crippen LogP contribution in [0.5, 0.6) is 0 Å². The lowest BCUT2D eigenvalue weighted by Gasteiger charge is -2.15. The molecule has 0 aliphatic heterocycles. The topological polar surface area (TPSA) is 69.9 Å². The van der Waals surface area contributed by atoms with Crippen molar-refractivity contribution in [2.45, 2.75) is 38.3 Å². The molecule has 1 saturated carbocycles. The Balaban J connectivity index is 2.20. The number of hydrogen-bond acceptors (Lipinski definition) is 3. The molecule has 4 N–H and O–H groups in total. The van der Waals surface area contributed by atoms with Gasteiger partial charge in [-0.1, -0.05) is 12.8 Å². The van der Waals surface area contributed by atoms with Crippen LogP contribution in [0.15, 0.2) is 18.2 Å². The van der Waals surface area contributed by atoms with Gasteiger partial charge in [-0.05, 0) is 31.0 Å². The summed E-state index contributed by atoms with van der Waals surface area (Å²) in [4.78, 5) is 4.60. The molecule has 0 saturated heterocycles. The van der Waals surface area contributed by atoms with Gasteiger partial charge in [0.05, 0.1) is 17.6 Å². The van der Waals surface area contributed by atoms with Gasteiger partial charge in [0.1, 0.15) is 5.82 Å². The summed E-state index contributed by atoms with van der Waals surface area (Å²) in [5.41, 5.74) is 14.6. The highest BCUT2D eigenvalue weighted by atomic mass is 15.1. The number of nitrogens with zero attached hydrogens (tertiary/aromatic N) is 2. The first-order chi connectivity index (χ1) is 8.29. The lowest BCUT2D eigenvalue weighted by atomic mass is 10.2. The molecule has 90 valence electrons. The molecule has 4 heteroatoms. The Labute approximate surface area is 101 Å². The van der Waals surface area contributed by atoms with Crippen molar-refractivity contribution in [2.75, 3.05) is 5.73 Å². The average Bonchev–Trinajstić information content (AvgIpc) is 2.93. The van der Waals surface area contributed by atoms with E-state index in [1.54, 1.807) is 0 Å². The van der Waals surface area contributed by atoms with E-state index in [4.69, 9.17) is 11.5 Å². The minimum Gasteiger partial charge on any atom is -0.399 e. The Bertz CT molecular complexity index is 538. The van der Waals surface area contributed by atoms with Crippen LogP contribution in [0.3, 0.4) is 0 Å². The maximum absolute atomic E-state index is 5.87. The number of anilines is 1. The molecule has 0 atom stereocenters. The van der Waals surface area contributed by atoms with Crippen LogP contribution >= 0.6 is 0 Å².